The second-order valence-corrected chi connectivity index (χ2v) is 6.81. The van der Waals surface area contributed by atoms with Crippen molar-refractivity contribution < 1.29 is 19.1 Å². The largest absolute Gasteiger partial charge is 0.445 e. The summed E-state index contributed by atoms with van der Waals surface area (Å²) >= 11 is 0. The quantitative estimate of drug-likeness (QED) is 0.838. The van der Waals surface area contributed by atoms with Crippen molar-refractivity contribution in [1.29, 1.82) is 0 Å². The van der Waals surface area contributed by atoms with E-state index in [2.05, 4.69) is 0 Å². The van der Waals surface area contributed by atoms with Gasteiger partial charge in [0.25, 0.3) is 0 Å². The number of rotatable bonds is 2. The number of ether oxygens (including phenoxy) is 1. The van der Waals surface area contributed by atoms with Gasteiger partial charge in [-0.15, -0.1) is 0 Å². The van der Waals surface area contributed by atoms with Gasteiger partial charge in [0.05, 0.1) is 6.04 Å². The Morgan fingerprint density at radius 2 is 1.92 bits per heavy atom. The van der Waals surface area contributed by atoms with Crippen molar-refractivity contribution in [3.8, 4) is 0 Å². The van der Waals surface area contributed by atoms with E-state index in [1.54, 1.807) is 11.0 Å². The Kier molecular flexibility index (Phi) is 3.71. The number of piperidine rings is 2. The lowest BCUT2D eigenvalue weighted by Gasteiger charge is -2.47. The minimum absolute atomic E-state index is 0.104. The number of carbonyl (C=O) groups is 3. The average molecular weight is 325 g/mol. The molecule has 2 aliphatic heterocycles. The molecule has 0 spiro atoms. The predicted octanol–water partition coefficient (Wildman–Crippen LogP) is 2.64. The standard InChI is InChI=1S/C19H19NO4/c21-15-7-13-6-14-8-16(22)10-18(17(13)9-15)20(14)19(23)24-11-12-4-2-1-3-5-12/h1-5,9,13-14,18H,6-8,10-11H2/t13-,14-,18-/m0/s1. The molecule has 5 heteroatoms. The molecule has 24 heavy (non-hydrogen) atoms. The van der Waals surface area contributed by atoms with E-state index in [0.717, 1.165) is 11.1 Å². The zero-order valence-electron chi connectivity index (χ0n) is 13.3. The summed E-state index contributed by atoms with van der Waals surface area (Å²) in [7, 11) is 0. The van der Waals surface area contributed by atoms with Gasteiger partial charge < -0.3 is 4.74 Å². The molecule has 0 saturated carbocycles. The Balaban J connectivity index is 1.53. The van der Waals surface area contributed by atoms with Crippen LogP contribution in [-0.4, -0.2) is 34.6 Å². The topological polar surface area (TPSA) is 63.7 Å². The first-order chi connectivity index (χ1) is 11.6. The zero-order chi connectivity index (χ0) is 16.7. The first-order valence-electron chi connectivity index (χ1n) is 8.37. The number of nitrogens with zero attached hydrogens (tertiary/aromatic N) is 1. The maximum atomic E-state index is 12.6. The summed E-state index contributed by atoms with van der Waals surface area (Å²) in [6.45, 7) is 0.213. The number of fused-ring (bicyclic) bond motifs is 4. The van der Waals surface area contributed by atoms with Gasteiger partial charge in [-0.05, 0) is 29.6 Å². The lowest BCUT2D eigenvalue weighted by atomic mass is 9.76. The normalized spacial score (nSPS) is 28.4. The number of ketones is 2. The Labute approximate surface area is 140 Å². The van der Waals surface area contributed by atoms with Crippen LogP contribution in [0.3, 0.4) is 0 Å². The van der Waals surface area contributed by atoms with E-state index < -0.39 is 0 Å². The van der Waals surface area contributed by atoms with Crippen LogP contribution >= 0.6 is 0 Å². The van der Waals surface area contributed by atoms with Crippen LogP contribution in [0.1, 0.15) is 31.2 Å². The van der Waals surface area contributed by atoms with Crippen molar-refractivity contribution >= 4 is 17.7 Å². The van der Waals surface area contributed by atoms with E-state index in [1.807, 2.05) is 30.3 Å². The minimum atomic E-state index is -0.389. The van der Waals surface area contributed by atoms with Crippen LogP contribution in [0, 0.1) is 5.92 Å². The zero-order valence-corrected chi connectivity index (χ0v) is 13.3. The van der Waals surface area contributed by atoms with Crippen molar-refractivity contribution in [1.82, 2.24) is 4.90 Å². The number of Topliss-reactive ketones (excluding diaryl/α,β-unsaturated/α-hetero) is 1. The molecule has 2 fully saturated rings. The molecule has 2 bridgehead atoms. The second-order valence-electron chi connectivity index (χ2n) is 6.81. The maximum Gasteiger partial charge on any atom is 0.410 e. The fourth-order valence-electron chi connectivity index (χ4n) is 4.20. The van der Waals surface area contributed by atoms with Crippen LogP contribution in [0.5, 0.6) is 0 Å². The summed E-state index contributed by atoms with van der Waals surface area (Å²) in [4.78, 5) is 38.1. The van der Waals surface area contributed by atoms with Crippen molar-refractivity contribution in [3.63, 3.8) is 0 Å². The Hall–Kier alpha value is -2.43. The molecule has 2 heterocycles. The van der Waals surface area contributed by atoms with Crippen molar-refractivity contribution in [2.45, 2.75) is 44.4 Å². The fourth-order valence-corrected chi connectivity index (χ4v) is 4.20. The van der Waals surface area contributed by atoms with Gasteiger partial charge in [-0.25, -0.2) is 4.79 Å². The smallest absolute Gasteiger partial charge is 0.410 e. The first-order valence-corrected chi connectivity index (χ1v) is 8.37. The first kappa shape index (κ1) is 15.1. The Bertz CT molecular complexity index is 724. The van der Waals surface area contributed by atoms with Crippen molar-refractivity contribution in [3.05, 3.63) is 47.5 Å². The van der Waals surface area contributed by atoms with Gasteiger partial charge in [-0.3, -0.25) is 14.5 Å². The van der Waals surface area contributed by atoms with Gasteiger partial charge in [-0.1, -0.05) is 30.3 Å². The molecule has 1 aliphatic carbocycles. The number of hydrogen-bond donors (Lipinski definition) is 0. The third-order valence-electron chi connectivity index (χ3n) is 5.22. The van der Waals surface area contributed by atoms with E-state index in [4.69, 9.17) is 4.74 Å². The predicted molar refractivity (Wildman–Crippen MR) is 86.1 cm³/mol. The number of hydrogen-bond acceptors (Lipinski definition) is 4. The Morgan fingerprint density at radius 3 is 2.71 bits per heavy atom. The molecule has 1 amide bonds. The molecule has 0 unspecified atom stereocenters. The van der Waals surface area contributed by atoms with Crippen LogP contribution in [0.15, 0.2) is 42.0 Å². The molecule has 3 aliphatic rings. The lowest BCUT2D eigenvalue weighted by molar-refractivity contribution is -0.125. The fraction of sp³-hybridized carbons (Fsp3) is 0.421. The van der Waals surface area contributed by atoms with Crippen molar-refractivity contribution in [2.24, 2.45) is 5.92 Å². The summed E-state index contributed by atoms with van der Waals surface area (Å²) in [5, 5.41) is 0. The highest BCUT2D eigenvalue weighted by molar-refractivity contribution is 5.95. The van der Waals surface area contributed by atoms with Gasteiger partial charge in [0.1, 0.15) is 12.4 Å². The van der Waals surface area contributed by atoms with Gasteiger partial charge in [-0.2, -0.15) is 0 Å². The molecule has 3 atom stereocenters. The third-order valence-corrected chi connectivity index (χ3v) is 5.22. The Morgan fingerprint density at radius 1 is 1.12 bits per heavy atom. The number of allylic oxidation sites excluding steroid dienone is 1. The highest BCUT2D eigenvalue weighted by Gasteiger charge is 2.49. The molecular weight excluding hydrogens is 306 g/mol. The monoisotopic (exact) mass is 325 g/mol. The SMILES string of the molecule is O=C1C=C2[C@H](C1)C[C@H]1CC(=O)C[C@@H]2N1C(=O)OCc1ccccc1. The van der Waals surface area contributed by atoms with E-state index >= 15 is 0 Å². The van der Waals surface area contributed by atoms with Gasteiger partial charge in [0.2, 0.25) is 0 Å². The van der Waals surface area contributed by atoms with Crippen LogP contribution in [0.2, 0.25) is 0 Å². The van der Waals surface area contributed by atoms with E-state index in [9.17, 15) is 14.4 Å². The molecule has 2 saturated heterocycles. The second kappa shape index (κ2) is 5.89. The lowest BCUT2D eigenvalue weighted by Crippen LogP contribution is -2.57. The highest BCUT2D eigenvalue weighted by atomic mass is 16.6. The van der Waals surface area contributed by atoms with Crippen LogP contribution < -0.4 is 0 Å². The minimum Gasteiger partial charge on any atom is -0.445 e. The van der Waals surface area contributed by atoms with E-state index in [1.165, 1.54) is 0 Å². The molecule has 0 N–H and O–H groups in total. The summed E-state index contributed by atoms with van der Waals surface area (Å²) in [6.07, 6.45) is 3.12. The summed E-state index contributed by atoms with van der Waals surface area (Å²) in [5.41, 5.74) is 1.87. The number of carbonyl (C=O) groups excluding carboxylic acids is 3. The molecule has 0 aromatic heterocycles. The average Bonchev–Trinajstić information content (AvgIpc) is 2.93. The molecule has 124 valence electrons. The van der Waals surface area contributed by atoms with Gasteiger partial charge >= 0.3 is 6.09 Å². The van der Waals surface area contributed by atoms with E-state index in [0.29, 0.717) is 25.7 Å². The number of amides is 1. The number of benzene rings is 1. The molecule has 1 aromatic rings. The van der Waals surface area contributed by atoms with Crippen LogP contribution in [0.4, 0.5) is 4.79 Å². The molecule has 5 nitrogen and oxygen atoms in total. The highest BCUT2D eigenvalue weighted by Crippen LogP contribution is 2.43. The molecule has 4 rings (SSSR count). The molecular formula is C19H19NO4. The van der Waals surface area contributed by atoms with Crippen LogP contribution in [-0.2, 0) is 20.9 Å². The summed E-state index contributed by atoms with van der Waals surface area (Å²) in [5.74, 6) is 0.460. The molecule has 1 aromatic carbocycles. The van der Waals surface area contributed by atoms with Gasteiger partial charge in [0, 0.05) is 25.3 Å². The van der Waals surface area contributed by atoms with Gasteiger partial charge in [0.15, 0.2) is 5.78 Å². The summed E-state index contributed by atoms with van der Waals surface area (Å²) in [6, 6.07) is 9.07. The molecule has 0 radical (unpaired) electrons. The van der Waals surface area contributed by atoms with Crippen molar-refractivity contribution in [2.75, 3.05) is 0 Å². The third kappa shape index (κ3) is 2.64. The maximum absolute atomic E-state index is 12.6. The van der Waals surface area contributed by atoms with Crippen LogP contribution in [0.25, 0.3) is 0 Å². The summed E-state index contributed by atoms with van der Waals surface area (Å²) < 4.78 is 5.48. The van der Waals surface area contributed by atoms with E-state index in [-0.39, 0.29) is 42.3 Å².